The van der Waals surface area contributed by atoms with Gasteiger partial charge in [-0.2, -0.15) is 0 Å². The first-order valence-electron chi connectivity index (χ1n) is 5.47. The van der Waals surface area contributed by atoms with E-state index in [-0.39, 0.29) is 12.3 Å². The van der Waals surface area contributed by atoms with Gasteiger partial charge in [0.25, 0.3) is 5.69 Å². The van der Waals surface area contributed by atoms with E-state index >= 15 is 0 Å². The molecule has 0 N–H and O–H groups in total. The molecule has 0 bridgehead atoms. The average Bonchev–Trinajstić information content (AvgIpc) is 2.37. The molecule has 0 aliphatic carbocycles. The van der Waals surface area contributed by atoms with E-state index in [0.717, 1.165) is 10.0 Å². The number of ether oxygens (including phenoxy) is 1. The van der Waals surface area contributed by atoms with E-state index in [2.05, 4.69) is 31.9 Å². The van der Waals surface area contributed by atoms with Crippen molar-refractivity contribution in [3.63, 3.8) is 0 Å². The molecule has 7 heteroatoms. The van der Waals surface area contributed by atoms with Gasteiger partial charge in [-0.3, -0.25) is 10.1 Å². The normalized spacial score (nSPS) is 10.3. The summed E-state index contributed by atoms with van der Waals surface area (Å²) in [5, 5.41) is 11.3. The summed E-state index contributed by atoms with van der Waals surface area (Å²) in [6.07, 6.45) is 0. The fraction of sp³-hybridized carbons (Fsp3) is 0.0769. The fourth-order valence-electron chi connectivity index (χ4n) is 1.54. The summed E-state index contributed by atoms with van der Waals surface area (Å²) < 4.78 is 7.02. The molecule has 0 unspecified atom stereocenters. The minimum absolute atomic E-state index is 0.0312. The predicted octanol–water partition coefficient (Wildman–Crippen LogP) is 5.35. The van der Waals surface area contributed by atoms with Crippen molar-refractivity contribution in [1.29, 1.82) is 0 Å². The molecule has 0 amide bonds. The Morgan fingerprint density at radius 1 is 1.15 bits per heavy atom. The van der Waals surface area contributed by atoms with Gasteiger partial charge in [-0.1, -0.05) is 49.5 Å². The molecule has 0 saturated heterocycles. The molecule has 0 saturated carbocycles. The van der Waals surface area contributed by atoms with Crippen LogP contribution in [0.1, 0.15) is 5.56 Å². The molecule has 0 radical (unpaired) electrons. The molecular weight excluding hydrogens is 413 g/mol. The van der Waals surface area contributed by atoms with Gasteiger partial charge in [0.15, 0.2) is 0 Å². The number of nitrogens with zero attached hydrogens (tertiary/aromatic N) is 1. The topological polar surface area (TPSA) is 52.4 Å². The Hall–Kier alpha value is -1.11. The Morgan fingerprint density at radius 2 is 1.90 bits per heavy atom. The third kappa shape index (κ3) is 3.94. The highest BCUT2D eigenvalue weighted by Crippen LogP contribution is 2.28. The molecule has 0 aromatic heterocycles. The first-order chi connectivity index (χ1) is 9.45. The minimum Gasteiger partial charge on any atom is -0.489 e. The van der Waals surface area contributed by atoms with Gasteiger partial charge in [0.2, 0.25) is 0 Å². The van der Waals surface area contributed by atoms with Gasteiger partial charge in [-0.25, -0.2) is 0 Å². The van der Waals surface area contributed by atoms with Crippen LogP contribution in [0.5, 0.6) is 5.75 Å². The molecule has 0 atom stereocenters. The van der Waals surface area contributed by atoms with Crippen molar-refractivity contribution < 1.29 is 9.66 Å². The first-order valence-corrected chi connectivity index (χ1v) is 7.44. The van der Waals surface area contributed by atoms with Crippen LogP contribution in [0.15, 0.2) is 45.3 Å². The number of benzene rings is 2. The maximum absolute atomic E-state index is 10.8. The number of nitro benzene ring substituents is 1. The summed E-state index contributed by atoms with van der Waals surface area (Å²) in [5.74, 6) is 0.407. The van der Waals surface area contributed by atoms with Gasteiger partial charge >= 0.3 is 0 Å². The zero-order chi connectivity index (χ0) is 14.7. The van der Waals surface area contributed by atoms with Crippen molar-refractivity contribution in [2.75, 3.05) is 0 Å². The van der Waals surface area contributed by atoms with Crippen molar-refractivity contribution in [2.45, 2.75) is 6.61 Å². The largest absolute Gasteiger partial charge is 0.489 e. The van der Waals surface area contributed by atoms with Gasteiger partial charge in [0, 0.05) is 25.6 Å². The van der Waals surface area contributed by atoms with Crippen molar-refractivity contribution >= 4 is 49.1 Å². The van der Waals surface area contributed by atoms with Crippen LogP contribution in [0.3, 0.4) is 0 Å². The van der Waals surface area contributed by atoms with Gasteiger partial charge in [-0.15, -0.1) is 0 Å². The lowest BCUT2D eigenvalue weighted by atomic mass is 10.2. The van der Waals surface area contributed by atoms with Gasteiger partial charge in [0.1, 0.15) is 12.4 Å². The highest BCUT2D eigenvalue weighted by atomic mass is 79.9. The molecule has 0 fully saturated rings. The Kier molecular flexibility index (Phi) is 5.01. The van der Waals surface area contributed by atoms with Crippen molar-refractivity contribution in [1.82, 2.24) is 0 Å². The number of rotatable bonds is 4. The lowest BCUT2D eigenvalue weighted by molar-refractivity contribution is -0.385. The highest BCUT2D eigenvalue weighted by molar-refractivity contribution is 9.10. The molecule has 20 heavy (non-hydrogen) atoms. The van der Waals surface area contributed by atoms with Crippen LogP contribution in [0.25, 0.3) is 0 Å². The molecule has 2 aromatic rings. The van der Waals surface area contributed by atoms with Crippen LogP contribution in [0, 0.1) is 10.1 Å². The Morgan fingerprint density at radius 3 is 2.55 bits per heavy atom. The number of non-ortho nitro benzene ring substituents is 1. The second-order valence-electron chi connectivity index (χ2n) is 3.93. The van der Waals surface area contributed by atoms with Crippen molar-refractivity contribution in [3.8, 4) is 5.75 Å². The molecule has 4 nitrogen and oxygen atoms in total. The number of nitro groups is 1. The molecule has 0 heterocycles. The van der Waals surface area contributed by atoms with E-state index in [1.807, 2.05) is 12.1 Å². The maximum Gasteiger partial charge on any atom is 0.274 e. The summed E-state index contributed by atoms with van der Waals surface area (Å²) in [7, 11) is 0. The van der Waals surface area contributed by atoms with Crippen LogP contribution in [0.4, 0.5) is 5.69 Å². The zero-order valence-corrected chi connectivity index (χ0v) is 13.9. The number of hydrogen-bond donors (Lipinski definition) is 0. The minimum atomic E-state index is -0.468. The summed E-state index contributed by atoms with van der Waals surface area (Å²) in [4.78, 5) is 10.3. The predicted molar refractivity (Wildman–Crippen MR) is 84.3 cm³/mol. The fourth-order valence-corrected chi connectivity index (χ4v) is 2.72. The first kappa shape index (κ1) is 15.3. The Bertz CT molecular complexity index is 664. The van der Waals surface area contributed by atoms with Gasteiger partial charge in [0.05, 0.1) is 11.0 Å². The number of hydrogen-bond acceptors (Lipinski definition) is 3. The molecule has 2 aromatic carbocycles. The van der Waals surface area contributed by atoms with E-state index in [1.165, 1.54) is 12.1 Å². The summed E-state index contributed by atoms with van der Waals surface area (Å²) in [6.45, 7) is 0.236. The maximum atomic E-state index is 10.8. The Labute approximate surface area is 137 Å². The molecule has 104 valence electrons. The van der Waals surface area contributed by atoms with Crippen molar-refractivity contribution in [3.05, 3.63) is 66.0 Å². The zero-order valence-electron chi connectivity index (χ0n) is 9.98. The van der Waals surface area contributed by atoms with E-state index in [9.17, 15) is 10.1 Å². The van der Waals surface area contributed by atoms with E-state index < -0.39 is 4.92 Å². The van der Waals surface area contributed by atoms with E-state index in [0.29, 0.717) is 15.2 Å². The highest BCUT2D eigenvalue weighted by Gasteiger charge is 2.10. The number of halogens is 3. The molecule has 0 aliphatic rings. The third-order valence-electron chi connectivity index (χ3n) is 2.48. The Balaban J connectivity index is 2.16. The van der Waals surface area contributed by atoms with Crippen LogP contribution in [0.2, 0.25) is 5.02 Å². The molecule has 2 rings (SSSR count). The van der Waals surface area contributed by atoms with E-state index in [4.69, 9.17) is 16.3 Å². The standard InChI is InChI=1S/C13H8Br2ClNO3/c14-9-2-1-8(13(16)5-9)7-20-12-4-10(15)3-11(6-12)17(18)19/h1-6H,7H2. The average molecular weight is 421 g/mol. The monoisotopic (exact) mass is 419 g/mol. The van der Waals surface area contributed by atoms with Crippen LogP contribution >= 0.6 is 43.5 Å². The van der Waals surface area contributed by atoms with Crippen molar-refractivity contribution in [2.24, 2.45) is 0 Å². The van der Waals surface area contributed by atoms with Crippen LogP contribution in [-0.4, -0.2) is 4.92 Å². The summed E-state index contributed by atoms with van der Waals surface area (Å²) in [6, 6.07) is 9.91. The lowest BCUT2D eigenvalue weighted by Gasteiger charge is -2.08. The third-order valence-corrected chi connectivity index (χ3v) is 3.78. The summed E-state index contributed by atoms with van der Waals surface area (Å²) >= 11 is 12.6. The molecule has 0 aliphatic heterocycles. The molecule has 0 spiro atoms. The smallest absolute Gasteiger partial charge is 0.274 e. The van der Waals surface area contributed by atoms with Gasteiger partial charge in [-0.05, 0) is 18.2 Å². The SMILES string of the molecule is O=[N+]([O-])c1cc(Br)cc(OCc2ccc(Br)cc2Cl)c1. The summed E-state index contributed by atoms with van der Waals surface area (Å²) in [5.41, 5.74) is 0.772. The quantitative estimate of drug-likeness (QED) is 0.494. The second-order valence-corrected chi connectivity index (χ2v) is 6.17. The van der Waals surface area contributed by atoms with Crippen LogP contribution < -0.4 is 4.74 Å². The van der Waals surface area contributed by atoms with E-state index in [1.54, 1.807) is 12.1 Å². The van der Waals surface area contributed by atoms with Gasteiger partial charge < -0.3 is 4.74 Å². The van der Waals surface area contributed by atoms with Crippen LogP contribution in [-0.2, 0) is 6.61 Å². The lowest BCUT2D eigenvalue weighted by Crippen LogP contribution is -1.97. The second kappa shape index (κ2) is 6.56. The molecular formula is C13H8Br2ClNO3.